The number of benzene rings is 1. The molecular formula is C15H13FN4O4S. The van der Waals surface area contributed by atoms with Crippen LogP contribution in [0.5, 0.6) is 11.6 Å². The summed E-state index contributed by atoms with van der Waals surface area (Å²) < 4.78 is 19.2. The fourth-order valence-corrected chi connectivity index (χ4v) is 1.97. The number of hydrogen-bond donors (Lipinski definition) is 2. The number of hydrogen-bond acceptors (Lipinski definition) is 7. The second-order valence-corrected chi connectivity index (χ2v) is 4.97. The van der Waals surface area contributed by atoms with Gasteiger partial charge in [0.2, 0.25) is 17.6 Å². The predicted octanol–water partition coefficient (Wildman–Crippen LogP) is 2.08. The molecule has 10 heteroatoms. The summed E-state index contributed by atoms with van der Waals surface area (Å²) in [6.07, 6.45) is 1.18. The van der Waals surface area contributed by atoms with Crippen molar-refractivity contribution in [3.63, 3.8) is 0 Å². The highest BCUT2D eigenvalue weighted by molar-refractivity contribution is 7.71. The Bertz CT molecular complexity index is 897. The molecule has 0 spiro atoms. The Labute approximate surface area is 146 Å². The zero-order chi connectivity index (χ0) is 18.4. The summed E-state index contributed by atoms with van der Waals surface area (Å²) in [5.74, 6) is -2.42. The average Bonchev–Trinajstić information content (AvgIpc) is 2.57. The van der Waals surface area contributed by atoms with E-state index in [2.05, 4.69) is 25.3 Å². The van der Waals surface area contributed by atoms with E-state index in [-0.39, 0.29) is 27.5 Å². The summed E-state index contributed by atoms with van der Waals surface area (Å²) >= 11 is 4.74. The molecule has 1 aromatic carbocycles. The fourth-order valence-electron chi connectivity index (χ4n) is 1.83. The molecule has 1 aromatic heterocycles. The maximum absolute atomic E-state index is 14.0. The van der Waals surface area contributed by atoms with Gasteiger partial charge in [-0.3, -0.25) is 14.9 Å². The lowest BCUT2D eigenvalue weighted by Gasteiger charge is -2.12. The molecule has 0 unspecified atom stereocenters. The Morgan fingerprint density at radius 1 is 1.36 bits per heavy atom. The van der Waals surface area contributed by atoms with Crippen LogP contribution in [-0.4, -0.2) is 34.6 Å². The van der Waals surface area contributed by atoms with Crippen molar-refractivity contribution in [1.29, 1.82) is 0 Å². The van der Waals surface area contributed by atoms with Crippen LogP contribution in [0.2, 0.25) is 0 Å². The number of carbonyl (C=O) groups is 2. The lowest BCUT2D eigenvalue weighted by molar-refractivity contribution is -0.125. The van der Waals surface area contributed by atoms with E-state index < -0.39 is 17.6 Å². The van der Waals surface area contributed by atoms with Crippen molar-refractivity contribution in [3.05, 3.63) is 46.6 Å². The van der Waals surface area contributed by atoms with Crippen LogP contribution in [0.4, 0.5) is 4.39 Å². The Morgan fingerprint density at radius 2 is 2.08 bits per heavy atom. The first-order valence-electron chi connectivity index (χ1n) is 6.87. The molecule has 130 valence electrons. The normalized spacial score (nSPS) is 10.9. The van der Waals surface area contributed by atoms with Crippen LogP contribution >= 0.6 is 12.2 Å². The molecule has 0 bridgehead atoms. The SMILES string of the molecule is CO/N=C(/C(=O)NC(C)=O)c1ccccc1Oc1[nH]cnc(=S)c1F. The molecule has 2 amide bonds. The first-order chi connectivity index (χ1) is 11.9. The molecule has 0 aliphatic carbocycles. The van der Waals surface area contributed by atoms with E-state index in [1.807, 2.05) is 0 Å². The molecule has 2 aromatic rings. The number of aromatic amines is 1. The van der Waals surface area contributed by atoms with Crippen LogP contribution in [0.3, 0.4) is 0 Å². The van der Waals surface area contributed by atoms with Crippen molar-refractivity contribution < 1.29 is 23.6 Å². The number of halogens is 1. The predicted molar refractivity (Wildman–Crippen MR) is 88.3 cm³/mol. The van der Waals surface area contributed by atoms with Crippen LogP contribution in [-0.2, 0) is 14.4 Å². The van der Waals surface area contributed by atoms with Crippen LogP contribution in [0.1, 0.15) is 12.5 Å². The van der Waals surface area contributed by atoms with Crippen LogP contribution in [0.25, 0.3) is 0 Å². The molecule has 25 heavy (non-hydrogen) atoms. The van der Waals surface area contributed by atoms with Crippen LogP contribution < -0.4 is 10.1 Å². The van der Waals surface area contributed by atoms with E-state index in [1.165, 1.54) is 32.5 Å². The maximum Gasteiger partial charge on any atom is 0.280 e. The summed E-state index contributed by atoms with van der Waals surface area (Å²) in [4.78, 5) is 34.0. The Balaban J connectivity index is 2.47. The molecule has 0 fully saturated rings. The maximum atomic E-state index is 14.0. The minimum Gasteiger partial charge on any atom is -0.437 e. The number of rotatable bonds is 5. The topological polar surface area (TPSA) is 106 Å². The van der Waals surface area contributed by atoms with E-state index in [1.54, 1.807) is 12.1 Å². The van der Waals surface area contributed by atoms with E-state index in [4.69, 9.17) is 17.0 Å². The molecule has 1 heterocycles. The minimum atomic E-state index is -0.856. The third kappa shape index (κ3) is 4.44. The zero-order valence-corrected chi connectivity index (χ0v) is 14.0. The zero-order valence-electron chi connectivity index (χ0n) is 13.2. The highest BCUT2D eigenvalue weighted by atomic mass is 32.1. The Kier molecular flexibility index (Phi) is 5.90. The molecule has 0 aliphatic rings. The second-order valence-electron chi connectivity index (χ2n) is 4.58. The van der Waals surface area contributed by atoms with E-state index in [0.29, 0.717) is 0 Å². The van der Waals surface area contributed by atoms with Gasteiger partial charge in [0.05, 0.1) is 11.9 Å². The number of aromatic nitrogens is 2. The van der Waals surface area contributed by atoms with Gasteiger partial charge in [-0.2, -0.15) is 4.39 Å². The number of H-pyrrole nitrogens is 1. The van der Waals surface area contributed by atoms with Crippen molar-refractivity contribution in [1.82, 2.24) is 15.3 Å². The van der Waals surface area contributed by atoms with Gasteiger partial charge >= 0.3 is 0 Å². The molecule has 0 atom stereocenters. The molecule has 0 aliphatic heterocycles. The molecule has 0 saturated heterocycles. The fraction of sp³-hybridized carbons (Fsp3) is 0.133. The first-order valence-corrected chi connectivity index (χ1v) is 7.28. The van der Waals surface area contributed by atoms with Gasteiger partial charge in [0.1, 0.15) is 12.9 Å². The smallest absolute Gasteiger partial charge is 0.280 e. The Hall–Kier alpha value is -3.14. The van der Waals surface area contributed by atoms with Crippen molar-refractivity contribution >= 4 is 29.7 Å². The monoisotopic (exact) mass is 364 g/mol. The molecule has 2 rings (SSSR count). The molecule has 0 saturated carbocycles. The molecular weight excluding hydrogens is 351 g/mol. The largest absolute Gasteiger partial charge is 0.437 e. The third-order valence-corrected chi connectivity index (χ3v) is 3.09. The summed E-state index contributed by atoms with van der Waals surface area (Å²) in [6, 6.07) is 6.21. The highest BCUT2D eigenvalue weighted by Gasteiger charge is 2.21. The van der Waals surface area contributed by atoms with E-state index in [9.17, 15) is 14.0 Å². The number of ether oxygens (including phenoxy) is 1. The number of oxime groups is 1. The van der Waals surface area contributed by atoms with Crippen LogP contribution in [0.15, 0.2) is 35.7 Å². The standard InChI is InChI=1S/C15H13FN4O4S/c1-8(21)19-13(22)12(20-23-2)9-5-3-4-6-10(9)24-14-11(16)15(25)18-7-17-14/h3-7H,1-2H3,(H,17,18,25)(H,19,21,22)/b20-12+. The van der Waals surface area contributed by atoms with Crippen molar-refractivity contribution in [2.75, 3.05) is 7.11 Å². The van der Waals surface area contributed by atoms with Gasteiger partial charge in [0, 0.05) is 6.92 Å². The van der Waals surface area contributed by atoms with Gasteiger partial charge in [0.25, 0.3) is 5.91 Å². The third-order valence-electron chi connectivity index (χ3n) is 2.81. The number of para-hydroxylation sites is 1. The van der Waals surface area contributed by atoms with E-state index >= 15 is 0 Å². The molecule has 8 nitrogen and oxygen atoms in total. The number of nitrogens with zero attached hydrogens (tertiary/aromatic N) is 2. The van der Waals surface area contributed by atoms with Gasteiger partial charge in [0.15, 0.2) is 10.4 Å². The van der Waals surface area contributed by atoms with Gasteiger partial charge in [-0.15, -0.1) is 0 Å². The quantitative estimate of drug-likeness (QED) is 0.478. The summed E-state index contributed by atoms with van der Waals surface area (Å²) in [6.45, 7) is 1.18. The summed E-state index contributed by atoms with van der Waals surface area (Å²) in [5, 5.41) is 5.71. The van der Waals surface area contributed by atoms with Crippen molar-refractivity contribution in [3.8, 4) is 11.6 Å². The van der Waals surface area contributed by atoms with Crippen LogP contribution in [0, 0.1) is 10.5 Å². The van der Waals surface area contributed by atoms with E-state index in [0.717, 1.165) is 0 Å². The number of nitrogens with one attached hydrogen (secondary N) is 2. The first kappa shape index (κ1) is 18.2. The second kappa shape index (κ2) is 8.11. The lowest BCUT2D eigenvalue weighted by atomic mass is 10.1. The summed E-state index contributed by atoms with van der Waals surface area (Å²) in [5.41, 5.74) is -0.0417. The highest BCUT2D eigenvalue weighted by Crippen LogP contribution is 2.26. The van der Waals surface area contributed by atoms with Gasteiger partial charge < -0.3 is 14.6 Å². The lowest BCUT2D eigenvalue weighted by Crippen LogP contribution is -2.35. The van der Waals surface area contributed by atoms with Gasteiger partial charge in [-0.25, -0.2) is 4.98 Å². The summed E-state index contributed by atoms with van der Waals surface area (Å²) in [7, 11) is 1.24. The van der Waals surface area contributed by atoms with Gasteiger partial charge in [-0.1, -0.05) is 29.5 Å². The molecule has 0 radical (unpaired) electrons. The number of amides is 2. The molecule has 2 N–H and O–H groups in total. The van der Waals surface area contributed by atoms with Crippen molar-refractivity contribution in [2.45, 2.75) is 6.92 Å². The number of carbonyl (C=O) groups excluding carboxylic acids is 2. The van der Waals surface area contributed by atoms with Crippen molar-refractivity contribution in [2.24, 2.45) is 5.16 Å². The van der Waals surface area contributed by atoms with Gasteiger partial charge in [-0.05, 0) is 12.1 Å². The average molecular weight is 364 g/mol. The number of imide groups is 1. The minimum absolute atomic E-state index is 0.0905. The Morgan fingerprint density at radius 3 is 2.76 bits per heavy atom.